The van der Waals surface area contributed by atoms with Crippen LogP contribution in [0.15, 0.2) is 41.7 Å². The van der Waals surface area contributed by atoms with Crippen molar-refractivity contribution in [2.75, 3.05) is 20.1 Å². The lowest BCUT2D eigenvalue weighted by atomic mass is 9.97. The number of nitrogens with one attached hydrogen (secondary N) is 2. The normalized spacial score (nSPS) is 12.4. The van der Waals surface area contributed by atoms with E-state index >= 15 is 0 Å². The van der Waals surface area contributed by atoms with E-state index in [0.29, 0.717) is 5.92 Å². The molecule has 0 saturated carbocycles. The van der Waals surface area contributed by atoms with E-state index in [2.05, 4.69) is 74.6 Å². The number of aromatic nitrogens is 3. The van der Waals surface area contributed by atoms with Crippen LogP contribution in [0, 0.1) is 0 Å². The first kappa shape index (κ1) is 21.4. The molecule has 2 rings (SSSR count). The predicted octanol–water partition coefficient (Wildman–Crippen LogP) is 2.82. The van der Waals surface area contributed by atoms with Crippen LogP contribution in [0.2, 0.25) is 0 Å². The van der Waals surface area contributed by atoms with E-state index in [-0.39, 0.29) is 24.0 Å². The second kappa shape index (κ2) is 11.8. The van der Waals surface area contributed by atoms with Crippen LogP contribution in [0.5, 0.6) is 0 Å². The molecule has 25 heavy (non-hydrogen) atoms. The van der Waals surface area contributed by atoms with Gasteiger partial charge < -0.3 is 15.2 Å². The fourth-order valence-electron chi connectivity index (χ4n) is 2.70. The van der Waals surface area contributed by atoms with Gasteiger partial charge >= 0.3 is 0 Å². The molecule has 1 heterocycles. The van der Waals surface area contributed by atoms with Crippen molar-refractivity contribution in [2.45, 2.75) is 39.2 Å². The monoisotopic (exact) mass is 456 g/mol. The maximum Gasteiger partial charge on any atom is 0.191 e. The minimum Gasteiger partial charge on any atom is -0.356 e. The van der Waals surface area contributed by atoms with E-state index in [0.717, 1.165) is 44.3 Å². The van der Waals surface area contributed by atoms with Gasteiger partial charge in [0, 0.05) is 39.0 Å². The molecule has 0 radical (unpaired) electrons. The second-order valence-corrected chi connectivity index (χ2v) is 5.69. The molecule has 0 aliphatic carbocycles. The van der Waals surface area contributed by atoms with Crippen molar-refractivity contribution < 1.29 is 0 Å². The summed E-state index contributed by atoms with van der Waals surface area (Å²) >= 11 is 0. The molecule has 138 valence electrons. The van der Waals surface area contributed by atoms with E-state index in [9.17, 15) is 0 Å². The molecule has 0 aliphatic rings. The fourth-order valence-corrected chi connectivity index (χ4v) is 2.70. The first-order valence-electron chi connectivity index (χ1n) is 8.64. The molecule has 0 saturated heterocycles. The minimum absolute atomic E-state index is 0. The molecule has 1 aromatic carbocycles. The molecule has 1 atom stereocenters. The molecule has 6 nitrogen and oxygen atoms in total. The Balaban J connectivity index is 0.00000312. The summed E-state index contributed by atoms with van der Waals surface area (Å²) in [5, 5.41) is 14.8. The van der Waals surface area contributed by atoms with Gasteiger partial charge in [0.1, 0.15) is 12.2 Å². The van der Waals surface area contributed by atoms with E-state index in [4.69, 9.17) is 0 Å². The number of guanidine groups is 1. The average molecular weight is 456 g/mol. The molecule has 0 amide bonds. The molecule has 2 N–H and O–H groups in total. The summed E-state index contributed by atoms with van der Waals surface area (Å²) in [5.74, 6) is 2.32. The zero-order chi connectivity index (χ0) is 17.2. The third-order valence-corrected chi connectivity index (χ3v) is 4.16. The highest BCUT2D eigenvalue weighted by atomic mass is 127. The summed E-state index contributed by atoms with van der Waals surface area (Å²) in [4.78, 5) is 4.30. The highest BCUT2D eigenvalue weighted by Crippen LogP contribution is 2.17. The van der Waals surface area contributed by atoms with E-state index < -0.39 is 0 Å². The lowest BCUT2D eigenvalue weighted by Crippen LogP contribution is -2.40. The SMILES string of the molecule is CCc1nncn1CCNC(=NC)NCC(CC)c1ccccc1.I. The number of halogens is 1. The molecular weight excluding hydrogens is 427 g/mol. The Labute approximate surface area is 167 Å². The minimum atomic E-state index is 0. The molecule has 7 heteroatoms. The van der Waals surface area contributed by atoms with Crippen molar-refractivity contribution in [1.82, 2.24) is 25.4 Å². The summed E-state index contributed by atoms with van der Waals surface area (Å²) in [5.41, 5.74) is 1.36. The van der Waals surface area contributed by atoms with Crippen molar-refractivity contribution in [3.63, 3.8) is 0 Å². The summed E-state index contributed by atoms with van der Waals surface area (Å²) in [7, 11) is 1.80. The number of rotatable bonds is 8. The lowest BCUT2D eigenvalue weighted by Gasteiger charge is -2.18. The number of nitrogens with zero attached hydrogens (tertiary/aromatic N) is 4. The zero-order valence-electron chi connectivity index (χ0n) is 15.3. The van der Waals surface area contributed by atoms with Crippen molar-refractivity contribution in [1.29, 1.82) is 0 Å². The van der Waals surface area contributed by atoms with Crippen molar-refractivity contribution in [2.24, 2.45) is 4.99 Å². The highest BCUT2D eigenvalue weighted by Gasteiger charge is 2.09. The van der Waals surface area contributed by atoms with Crippen LogP contribution < -0.4 is 10.6 Å². The van der Waals surface area contributed by atoms with Gasteiger partial charge in [-0.05, 0) is 12.0 Å². The Morgan fingerprint density at radius 2 is 1.96 bits per heavy atom. The van der Waals surface area contributed by atoms with Gasteiger partial charge in [0.05, 0.1) is 0 Å². The van der Waals surface area contributed by atoms with Crippen LogP contribution in [-0.2, 0) is 13.0 Å². The van der Waals surface area contributed by atoms with Gasteiger partial charge in [-0.25, -0.2) is 0 Å². The average Bonchev–Trinajstić information content (AvgIpc) is 3.09. The molecular formula is C18H29IN6. The van der Waals surface area contributed by atoms with Gasteiger partial charge in [-0.2, -0.15) is 0 Å². The Hall–Kier alpha value is -1.64. The van der Waals surface area contributed by atoms with Gasteiger partial charge in [-0.3, -0.25) is 4.99 Å². The lowest BCUT2D eigenvalue weighted by molar-refractivity contribution is 0.610. The van der Waals surface area contributed by atoms with Crippen LogP contribution in [0.1, 0.15) is 37.6 Å². The van der Waals surface area contributed by atoms with E-state index in [1.54, 1.807) is 13.4 Å². The molecule has 1 unspecified atom stereocenters. The summed E-state index contributed by atoms with van der Waals surface area (Å²) in [6, 6.07) is 10.6. The number of hydrogen-bond donors (Lipinski definition) is 2. The van der Waals surface area contributed by atoms with Crippen LogP contribution in [-0.4, -0.2) is 40.9 Å². The van der Waals surface area contributed by atoms with Crippen LogP contribution in [0.3, 0.4) is 0 Å². The maximum absolute atomic E-state index is 4.30. The maximum atomic E-state index is 4.30. The van der Waals surface area contributed by atoms with E-state index in [1.165, 1.54) is 5.56 Å². The third kappa shape index (κ3) is 6.64. The van der Waals surface area contributed by atoms with Gasteiger partial charge in [0.2, 0.25) is 0 Å². The number of aliphatic imine (C=N–C) groups is 1. The number of benzene rings is 1. The van der Waals surface area contributed by atoms with Gasteiger partial charge in [-0.15, -0.1) is 34.2 Å². The van der Waals surface area contributed by atoms with Crippen LogP contribution in [0.25, 0.3) is 0 Å². The molecule has 0 bridgehead atoms. The van der Waals surface area contributed by atoms with Gasteiger partial charge in [-0.1, -0.05) is 44.2 Å². The molecule has 2 aromatic rings. The molecule has 0 spiro atoms. The Morgan fingerprint density at radius 1 is 1.20 bits per heavy atom. The smallest absolute Gasteiger partial charge is 0.191 e. The van der Waals surface area contributed by atoms with Gasteiger partial charge in [0.15, 0.2) is 5.96 Å². The van der Waals surface area contributed by atoms with Crippen LogP contribution in [0.4, 0.5) is 0 Å². The van der Waals surface area contributed by atoms with Gasteiger partial charge in [0.25, 0.3) is 0 Å². The standard InChI is InChI=1S/C18H28N6.HI/c1-4-15(16-9-7-6-8-10-16)13-21-18(19-3)20-11-12-24-14-22-23-17(24)5-2;/h6-10,14-15H,4-5,11-13H2,1-3H3,(H2,19,20,21);1H. The Bertz CT molecular complexity index is 626. The van der Waals surface area contributed by atoms with Crippen molar-refractivity contribution in [3.05, 3.63) is 48.0 Å². The predicted molar refractivity (Wildman–Crippen MR) is 114 cm³/mol. The Kier molecular flexibility index (Phi) is 10.1. The summed E-state index contributed by atoms with van der Waals surface area (Å²) in [6.07, 6.45) is 3.76. The molecule has 1 aromatic heterocycles. The number of aryl methyl sites for hydroxylation is 1. The second-order valence-electron chi connectivity index (χ2n) is 5.69. The van der Waals surface area contributed by atoms with E-state index in [1.807, 2.05) is 0 Å². The first-order chi connectivity index (χ1) is 11.8. The van der Waals surface area contributed by atoms with Crippen molar-refractivity contribution in [3.8, 4) is 0 Å². The summed E-state index contributed by atoms with van der Waals surface area (Å²) in [6.45, 7) is 6.78. The molecule has 0 aliphatic heterocycles. The summed E-state index contributed by atoms with van der Waals surface area (Å²) < 4.78 is 2.07. The topological polar surface area (TPSA) is 67.1 Å². The molecule has 0 fully saturated rings. The highest BCUT2D eigenvalue weighted by molar-refractivity contribution is 14.0. The first-order valence-corrected chi connectivity index (χ1v) is 8.64. The largest absolute Gasteiger partial charge is 0.356 e. The van der Waals surface area contributed by atoms with Crippen molar-refractivity contribution >= 4 is 29.9 Å². The number of hydrogen-bond acceptors (Lipinski definition) is 3. The quantitative estimate of drug-likeness (QED) is 0.364. The zero-order valence-corrected chi connectivity index (χ0v) is 17.6. The third-order valence-electron chi connectivity index (χ3n) is 4.16. The Morgan fingerprint density at radius 3 is 2.60 bits per heavy atom. The van der Waals surface area contributed by atoms with Crippen LogP contribution >= 0.6 is 24.0 Å². The fraction of sp³-hybridized carbons (Fsp3) is 0.500.